The Morgan fingerprint density at radius 3 is 2.61 bits per heavy atom. The van der Waals surface area contributed by atoms with E-state index in [1.54, 1.807) is 11.9 Å². The third kappa shape index (κ3) is 4.55. The zero-order chi connectivity index (χ0) is 13.8. The summed E-state index contributed by atoms with van der Waals surface area (Å²) >= 11 is 0. The van der Waals surface area contributed by atoms with Gasteiger partial charge in [-0.25, -0.2) is 4.79 Å². The third-order valence-corrected chi connectivity index (χ3v) is 2.99. The van der Waals surface area contributed by atoms with Gasteiger partial charge in [0.1, 0.15) is 5.60 Å². The van der Waals surface area contributed by atoms with E-state index < -0.39 is 5.60 Å². The van der Waals surface area contributed by atoms with E-state index in [1.165, 1.54) is 0 Å². The Morgan fingerprint density at radius 2 is 2.06 bits per heavy atom. The molecule has 18 heavy (non-hydrogen) atoms. The van der Waals surface area contributed by atoms with Gasteiger partial charge in [-0.1, -0.05) is 0 Å². The molecule has 1 saturated heterocycles. The molecule has 0 aromatic heterocycles. The SMILES string of the molecule is CNC(=O)CCC1CCCN1C(=O)OC(C)(C)C. The van der Waals surface area contributed by atoms with Crippen molar-refractivity contribution in [1.29, 1.82) is 0 Å². The average Bonchev–Trinajstić information content (AvgIpc) is 2.71. The fourth-order valence-electron chi connectivity index (χ4n) is 2.12. The van der Waals surface area contributed by atoms with Gasteiger partial charge < -0.3 is 15.0 Å². The van der Waals surface area contributed by atoms with Crippen LogP contribution in [0.3, 0.4) is 0 Å². The molecule has 1 atom stereocenters. The fourth-order valence-corrected chi connectivity index (χ4v) is 2.12. The predicted octanol–water partition coefficient (Wildman–Crippen LogP) is 1.91. The van der Waals surface area contributed by atoms with E-state index in [0.29, 0.717) is 12.8 Å². The van der Waals surface area contributed by atoms with E-state index in [2.05, 4.69) is 5.32 Å². The first-order valence-electron chi connectivity index (χ1n) is 6.53. The van der Waals surface area contributed by atoms with Gasteiger partial charge in [-0.05, 0) is 40.0 Å². The van der Waals surface area contributed by atoms with Crippen LogP contribution in [0.5, 0.6) is 0 Å². The topological polar surface area (TPSA) is 58.6 Å². The average molecular weight is 256 g/mol. The van der Waals surface area contributed by atoms with Crippen LogP contribution in [-0.2, 0) is 9.53 Å². The van der Waals surface area contributed by atoms with Gasteiger partial charge in [0.25, 0.3) is 0 Å². The van der Waals surface area contributed by atoms with Gasteiger partial charge in [0.05, 0.1) is 0 Å². The van der Waals surface area contributed by atoms with Crippen LogP contribution in [0, 0.1) is 0 Å². The van der Waals surface area contributed by atoms with Crippen molar-refractivity contribution in [3.63, 3.8) is 0 Å². The van der Waals surface area contributed by atoms with Crippen molar-refractivity contribution < 1.29 is 14.3 Å². The number of rotatable bonds is 3. The molecular formula is C13H24N2O3. The predicted molar refractivity (Wildman–Crippen MR) is 69.3 cm³/mol. The molecule has 0 aliphatic carbocycles. The minimum atomic E-state index is -0.467. The van der Waals surface area contributed by atoms with E-state index in [1.807, 2.05) is 20.8 Å². The normalized spacial score (nSPS) is 19.8. The smallest absolute Gasteiger partial charge is 0.410 e. The molecule has 1 heterocycles. The lowest BCUT2D eigenvalue weighted by atomic mass is 10.1. The molecule has 1 aliphatic heterocycles. The Balaban J connectivity index is 2.49. The first-order chi connectivity index (χ1) is 8.33. The maximum Gasteiger partial charge on any atom is 0.410 e. The molecule has 2 amide bonds. The van der Waals surface area contributed by atoms with Gasteiger partial charge in [-0.3, -0.25) is 4.79 Å². The zero-order valence-corrected chi connectivity index (χ0v) is 11.8. The number of hydrogen-bond donors (Lipinski definition) is 1. The Bertz CT molecular complexity index is 310. The summed E-state index contributed by atoms with van der Waals surface area (Å²) in [6.45, 7) is 6.31. The monoisotopic (exact) mass is 256 g/mol. The fraction of sp³-hybridized carbons (Fsp3) is 0.846. The van der Waals surface area contributed by atoms with Gasteiger partial charge in [-0.15, -0.1) is 0 Å². The molecule has 5 heteroatoms. The summed E-state index contributed by atoms with van der Waals surface area (Å²) in [4.78, 5) is 25.0. The van der Waals surface area contributed by atoms with Gasteiger partial charge in [-0.2, -0.15) is 0 Å². The standard InChI is InChI=1S/C13H24N2O3/c1-13(2,3)18-12(17)15-9-5-6-10(15)7-8-11(16)14-4/h10H,5-9H2,1-4H3,(H,14,16). The number of hydrogen-bond acceptors (Lipinski definition) is 3. The van der Waals surface area contributed by atoms with Crippen LogP contribution in [-0.4, -0.2) is 42.1 Å². The molecule has 0 aromatic carbocycles. The molecule has 104 valence electrons. The number of carbonyl (C=O) groups is 2. The maximum atomic E-state index is 12.0. The molecule has 0 saturated carbocycles. The molecule has 1 rings (SSSR count). The molecule has 0 aromatic rings. The van der Waals surface area contributed by atoms with E-state index in [9.17, 15) is 9.59 Å². The van der Waals surface area contributed by atoms with Crippen molar-refractivity contribution in [1.82, 2.24) is 10.2 Å². The Kier molecular flexibility index (Phi) is 4.99. The Morgan fingerprint density at radius 1 is 1.39 bits per heavy atom. The van der Waals surface area contributed by atoms with Crippen molar-refractivity contribution in [3.8, 4) is 0 Å². The van der Waals surface area contributed by atoms with E-state index in [-0.39, 0.29) is 18.0 Å². The number of nitrogens with zero attached hydrogens (tertiary/aromatic N) is 1. The summed E-state index contributed by atoms with van der Waals surface area (Å²) < 4.78 is 5.37. The van der Waals surface area contributed by atoms with Crippen molar-refractivity contribution in [2.75, 3.05) is 13.6 Å². The Labute approximate surface area is 109 Å². The molecule has 5 nitrogen and oxygen atoms in total. The summed E-state index contributed by atoms with van der Waals surface area (Å²) in [5, 5.41) is 2.60. The first-order valence-corrected chi connectivity index (χ1v) is 6.53. The van der Waals surface area contributed by atoms with Crippen molar-refractivity contribution in [3.05, 3.63) is 0 Å². The lowest BCUT2D eigenvalue weighted by Gasteiger charge is -2.28. The van der Waals surface area contributed by atoms with Gasteiger partial charge in [0.15, 0.2) is 0 Å². The number of ether oxygens (including phenoxy) is 1. The first kappa shape index (κ1) is 14.8. The van der Waals surface area contributed by atoms with Crippen LogP contribution in [0.25, 0.3) is 0 Å². The summed E-state index contributed by atoms with van der Waals surface area (Å²) in [5.74, 6) is 0.0195. The minimum absolute atomic E-state index is 0.0195. The molecule has 1 aliphatic rings. The van der Waals surface area contributed by atoms with Crippen molar-refractivity contribution in [2.24, 2.45) is 0 Å². The molecule has 0 bridgehead atoms. The van der Waals surface area contributed by atoms with Crippen LogP contribution in [0.4, 0.5) is 4.79 Å². The van der Waals surface area contributed by atoms with Crippen LogP contribution in [0.2, 0.25) is 0 Å². The summed E-state index contributed by atoms with van der Waals surface area (Å²) in [5.41, 5.74) is -0.467. The van der Waals surface area contributed by atoms with Crippen LogP contribution < -0.4 is 5.32 Å². The lowest BCUT2D eigenvalue weighted by molar-refractivity contribution is -0.120. The van der Waals surface area contributed by atoms with Crippen LogP contribution in [0.15, 0.2) is 0 Å². The minimum Gasteiger partial charge on any atom is -0.444 e. The van der Waals surface area contributed by atoms with Gasteiger partial charge in [0, 0.05) is 26.1 Å². The summed E-state index contributed by atoms with van der Waals surface area (Å²) in [7, 11) is 1.63. The molecule has 1 fully saturated rings. The second-order valence-corrected chi connectivity index (χ2v) is 5.68. The van der Waals surface area contributed by atoms with E-state index in [4.69, 9.17) is 4.74 Å². The molecular weight excluding hydrogens is 232 g/mol. The number of nitrogens with one attached hydrogen (secondary N) is 1. The number of amides is 2. The zero-order valence-electron chi connectivity index (χ0n) is 11.8. The van der Waals surface area contributed by atoms with E-state index in [0.717, 1.165) is 19.4 Å². The van der Waals surface area contributed by atoms with Crippen LogP contribution in [0.1, 0.15) is 46.5 Å². The highest BCUT2D eigenvalue weighted by molar-refractivity contribution is 5.75. The van der Waals surface area contributed by atoms with Crippen molar-refractivity contribution >= 4 is 12.0 Å². The quantitative estimate of drug-likeness (QED) is 0.839. The lowest BCUT2D eigenvalue weighted by Crippen LogP contribution is -2.40. The largest absolute Gasteiger partial charge is 0.444 e. The van der Waals surface area contributed by atoms with Gasteiger partial charge >= 0.3 is 6.09 Å². The van der Waals surface area contributed by atoms with Gasteiger partial charge in [0.2, 0.25) is 5.91 Å². The molecule has 1 unspecified atom stereocenters. The number of likely N-dealkylation sites (tertiary alicyclic amines) is 1. The molecule has 0 spiro atoms. The molecule has 1 N–H and O–H groups in total. The van der Waals surface area contributed by atoms with Crippen LogP contribution >= 0.6 is 0 Å². The second-order valence-electron chi connectivity index (χ2n) is 5.68. The summed E-state index contributed by atoms with van der Waals surface area (Å²) in [6, 6.07) is 0.136. The maximum absolute atomic E-state index is 12.0. The highest BCUT2D eigenvalue weighted by Gasteiger charge is 2.32. The van der Waals surface area contributed by atoms with Crippen molar-refractivity contribution in [2.45, 2.75) is 58.1 Å². The summed E-state index contributed by atoms with van der Waals surface area (Å²) in [6.07, 6.45) is 2.84. The Hall–Kier alpha value is -1.26. The van der Waals surface area contributed by atoms with E-state index >= 15 is 0 Å². The second kappa shape index (κ2) is 6.07. The molecule has 0 radical (unpaired) electrons. The highest BCUT2D eigenvalue weighted by atomic mass is 16.6. The highest BCUT2D eigenvalue weighted by Crippen LogP contribution is 2.23. The number of carbonyl (C=O) groups excluding carboxylic acids is 2. The third-order valence-electron chi connectivity index (χ3n) is 2.99.